The summed E-state index contributed by atoms with van der Waals surface area (Å²) in [6, 6.07) is 19.9. The summed E-state index contributed by atoms with van der Waals surface area (Å²) in [5, 5.41) is 11.4. The summed E-state index contributed by atoms with van der Waals surface area (Å²) >= 11 is 0. The standard InChI is InChI=1S/C22H17N5O2/c1-28-17-10-9-15(14-6-3-2-4-7-14)12-16(17)25-21-19-20(18-8-5-11-29-18)26-27-22(19)24-13-23-21/h2-13H,1H3,(H2,23,24,25,26,27). The van der Waals surface area contributed by atoms with Gasteiger partial charge in [0.2, 0.25) is 0 Å². The van der Waals surface area contributed by atoms with Crippen LogP contribution in [0.25, 0.3) is 33.6 Å². The van der Waals surface area contributed by atoms with Crippen molar-refractivity contribution in [1.29, 1.82) is 0 Å². The number of anilines is 2. The Kier molecular flexibility index (Phi) is 4.18. The highest BCUT2D eigenvalue weighted by Gasteiger charge is 2.17. The monoisotopic (exact) mass is 383 g/mol. The molecular weight excluding hydrogens is 366 g/mol. The summed E-state index contributed by atoms with van der Waals surface area (Å²) < 4.78 is 11.1. The van der Waals surface area contributed by atoms with Crippen molar-refractivity contribution in [3.8, 4) is 28.3 Å². The third kappa shape index (κ3) is 3.08. The fourth-order valence-electron chi connectivity index (χ4n) is 3.29. The molecule has 2 N–H and O–H groups in total. The number of fused-ring (bicyclic) bond motifs is 1. The molecule has 5 aromatic rings. The number of nitrogens with one attached hydrogen (secondary N) is 2. The molecule has 0 aliphatic heterocycles. The molecule has 2 aromatic carbocycles. The third-order valence-electron chi connectivity index (χ3n) is 4.68. The van der Waals surface area contributed by atoms with Gasteiger partial charge in [0.1, 0.15) is 23.6 Å². The van der Waals surface area contributed by atoms with Crippen molar-refractivity contribution in [2.24, 2.45) is 0 Å². The van der Waals surface area contributed by atoms with E-state index in [1.54, 1.807) is 13.4 Å². The molecule has 0 aliphatic rings. The number of hydrogen-bond acceptors (Lipinski definition) is 6. The molecular formula is C22H17N5O2. The average molecular weight is 383 g/mol. The Morgan fingerprint density at radius 2 is 1.86 bits per heavy atom. The van der Waals surface area contributed by atoms with Crippen molar-refractivity contribution in [3.63, 3.8) is 0 Å². The second-order valence-electron chi connectivity index (χ2n) is 6.40. The Labute approximate surface area is 166 Å². The minimum absolute atomic E-state index is 0.548. The highest BCUT2D eigenvalue weighted by atomic mass is 16.5. The minimum atomic E-state index is 0.548. The van der Waals surface area contributed by atoms with Gasteiger partial charge in [-0.3, -0.25) is 5.10 Å². The Morgan fingerprint density at radius 3 is 2.66 bits per heavy atom. The first-order valence-electron chi connectivity index (χ1n) is 9.07. The number of benzene rings is 2. The van der Waals surface area contributed by atoms with Crippen molar-refractivity contribution in [3.05, 3.63) is 73.3 Å². The van der Waals surface area contributed by atoms with Crippen LogP contribution < -0.4 is 10.1 Å². The predicted octanol–water partition coefficient (Wildman–Crippen LogP) is 5.03. The number of aromatic amines is 1. The number of methoxy groups -OCH3 is 1. The maximum Gasteiger partial charge on any atom is 0.186 e. The van der Waals surface area contributed by atoms with E-state index in [0.29, 0.717) is 28.7 Å². The molecule has 0 spiro atoms. The first-order chi connectivity index (χ1) is 14.3. The van der Waals surface area contributed by atoms with E-state index in [4.69, 9.17) is 9.15 Å². The molecule has 7 nitrogen and oxygen atoms in total. The summed E-state index contributed by atoms with van der Waals surface area (Å²) in [6.07, 6.45) is 3.09. The fourth-order valence-corrected chi connectivity index (χ4v) is 3.29. The average Bonchev–Trinajstić information content (AvgIpc) is 3.44. The molecule has 142 valence electrons. The summed E-state index contributed by atoms with van der Waals surface area (Å²) in [4.78, 5) is 8.70. The molecule has 0 unspecified atom stereocenters. The lowest BCUT2D eigenvalue weighted by molar-refractivity contribution is 0.417. The quantitative estimate of drug-likeness (QED) is 0.442. The number of nitrogens with zero attached hydrogens (tertiary/aromatic N) is 3. The van der Waals surface area contributed by atoms with Crippen LogP contribution >= 0.6 is 0 Å². The zero-order valence-electron chi connectivity index (χ0n) is 15.6. The molecule has 7 heteroatoms. The lowest BCUT2D eigenvalue weighted by Gasteiger charge is -2.13. The predicted molar refractivity (Wildman–Crippen MR) is 111 cm³/mol. The molecule has 5 rings (SSSR count). The molecule has 0 aliphatic carbocycles. The Bertz CT molecular complexity index is 1260. The molecule has 0 amide bonds. The SMILES string of the molecule is COc1ccc(-c2ccccc2)cc1Nc1ncnc2n[nH]c(-c3ccco3)c12. The topological polar surface area (TPSA) is 88.9 Å². The number of hydrogen-bond donors (Lipinski definition) is 2. The van der Waals surface area contributed by atoms with Crippen molar-refractivity contribution in [2.45, 2.75) is 0 Å². The van der Waals surface area contributed by atoms with Crippen LogP contribution in [0.2, 0.25) is 0 Å². The van der Waals surface area contributed by atoms with Gasteiger partial charge in [-0.2, -0.15) is 5.10 Å². The summed E-state index contributed by atoms with van der Waals surface area (Å²) in [5.74, 6) is 1.98. The maximum atomic E-state index is 5.56. The molecule has 0 radical (unpaired) electrons. The Hall–Kier alpha value is -4.13. The van der Waals surface area contributed by atoms with Gasteiger partial charge < -0.3 is 14.5 Å². The van der Waals surface area contributed by atoms with E-state index >= 15 is 0 Å². The van der Waals surface area contributed by atoms with Crippen molar-refractivity contribution in [2.75, 3.05) is 12.4 Å². The largest absolute Gasteiger partial charge is 0.495 e. The summed E-state index contributed by atoms with van der Waals surface area (Å²) in [7, 11) is 1.64. The first kappa shape index (κ1) is 17.0. The smallest absolute Gasteiger partial charge is 0.186 e. The van der Waals surface area contributed by atoms with E-state index in [0.717, 1.165) is 22.2 Å². The first-order valence-corrected chi connectivity index (χ1v) is 9.07. The molecule has 0 atom stereocenters. The van der Waals surface area contributed by atoms with Gasteiger partial charge in [0, 0.05) is 0 Å². The number of rotatable bonds is 5. The van der Waals surface area contributed by atoms with E-state index in [2.05, 4.69) is 37.6 Å². The van der Waals surface area contributed by atoms with Crippen LogP contribution in [-0.4, -0.2) is 27.3 Å². The van der Waals surface area contributed by atoms with Crippen LogP contribution in [0, 0.1) is 0 Å². The fraction of sp³-hybridized carbons (Fsp3) is 0.0455. The zero-order chi connectivity index (χ0) is 19.6. The van der Waals surface area contributed by atoms with Crippen LogP contribution in [0.3, 0.4) is 0 Å². The molecule has 29 heavy (non-hydrogen) atoms. The maximum absolute atomic E-state index is 5.56. The van der Waals surface area contributed by atoms with Crippen LogP contribution in [0.15, 0.2) is 77.7 Å². The van der Waals surface area contributed by atoms with Gasteiger partial charge in [0.15, 0.2) is 11.4 Å². The molecule has 0 bridgehead atoms. The van der Waals surface area contributed by atoms with Crippen molar-refractivity contribution >= 4 is 22.5 Å². The summed E-state index contributed by atoms with van der Waals surface area (Å²) in [6.45, 7) is 0. The van der Waals surface area contributed by atoms with Crippen molar-refractivity contribution < 1.29 is 9.15 Å². The molecule has 0 saturated carbocycles. The van der Waals surface area contributed by atoms with Gasteiger partial charge in [-0.05, 0) is 35.4 Å². The van der Waals surface area contributed by atoms with E-state index in [9.17, 15) is 0 Å². The van der Waals surface area contributed by atoms with Gasteiger partial charge in [-0.1, -0.05) is 36.4 Å². The highest BCUT2D eigenvalue weighted by molar-refractivity contribution is 5.99. The van der Waals surface area contributed by atoms with E-state index in [1.807, 2.05) is 48.5 Å². The molecule has 0 saturated heterocycles. The molecule has 3 aromatic heterocycles. The minimum Gasteiger partial charge on any atom is -0.495 e. The third-order valence-corrected chi connectivity index (χ3v) is 4.68. The van der Waals surface area contributed by atoms with Gasteiger partial charge in [-0.25, -0.2) is 9.97 Å². The number of H-pyrrole nitrogens is 1. The lowest BCUT2D eigenvalue weighted by Crippen LogP contribution is -1.99. The molecule has 0 fully saturated rings. The van der Waals surface area contributed by atoms with E-state index < -0.39 is 0 Å². The second kappa shape index (κ2) is 7.12. The van der Waals surface area contributed by atoms with Crippen LogP contribution in [-0.2, 0) is 0 Å². The second-order valence-corrected chi connectivity index (χ2v) is 6.40. The number of furan rings is 1. The van der Waals surface area contributed by atoms with Gasteiger partial charge in [0.05, 0.1) is 24.4 Å². The number of aromatic nitrogens is 4. The van der Waals surface area contributed by atoms with Gasteiger partial charge >= 0.3 is 0 Å². The van der Waals surface area contributed by atoms with Crippen LogP contribution in [0.5, 0.6) is 5.75 Å². The van der Waals surface area contributed by atoms with E-state index in [-0.39, 0.29) is 0 Å². The van der Waals surface area contributed by atoms with E-state index in [1.165, 1.54) is 6.33 Å². The molecule has 3 heterocycles. The highest BCUT2D eigenvalue weighted by Crippen LogP contribution is 2.36. The Morgan fingerprint density at radius 1 is 0.966 bits per heavy atom. The summed E-state index contributed by atoms with van der Waals surface area (Å²) in [5.41, 5.74) is 4.24. The number of ether oxygens (including phenoxy) is 1. The van der Waals surface area contributed by atoms with Gasteiger partial charge in [0.25, 0.3) is 0 Å². The van der Waals surface area contributed by atoms with Gasteiger partial charge in [-0.15, -0.1) is 0 Å². The Balaban J connectivity index is 1.62. The van der Waals surface area contributed by atoms with Crippen LogP contribution in [0.1, 0.15) is 0 Å². The van der Waals surface area contributed by atoms with Crippen LogP contribution in [0.4, 0.5) is 11.5 Å². The normalized spacial score (nSPS) is 10.9. The zero-order valence-corrected chi connectivity index (χ0v) is 15.6. The lowest BCUT2D eigenvalue weighted by atomic mass is 10.0. The van der Waals surface area contributed by atoms with Crippen molar-refractivity contribution in [1.82, 2.24) is 20.2 Å².